The summed E-state index contributed by atoms with van der Waals surface area (Å²) in [4.78, 5) is 41.0. The minimum absolute atomic E-state index is 0.0401. The maximum absolute atomic E-state index is 12.4. The normalized spacial score (nSPS) is 11.7. The van der Waals surface area contributed by atoms with Crippen LogP contribution in [0.15, 0.2) is 35.7 Å². The third-order valence-electron chi connectivity index (χ3n) is 4.28. The molecule has 2 aromatic heterocycles. The van der Waals surface area contributed by atoms with Crippen LogP contribution in [-0.2, 0) is 16.0 Å². The smallest absolute Gasteiger partial charge is 0.349 e. The number of esters is 1. The van der Waals surface area contributed by atoms with Gasteiger partial charge in [0.15, 0.2) is 11.2 Å². The number of hydrogen-bond acceptors (Lipinski definition) is 8. The number of ether oxygens (including phenoxy) is 1. The lowest BCUT2D eigenvalue weighted by atomic mass is 10.1. The van der Waals surface area contributed by atoms with Gasteiger partial charge in [-0.2, -0.15) is 0 Å². The summed E-state index contributed by atoms with van der Waals surface area (Å²) < 4.78 is 5.28. The molecule has 0 saturated heterocycles. The van der Waals surface area contributed by atoms with Crippen LogP contribution in [0.3, 0.4) is 0 Å². The number of anilines is 1. The minimum Gasteiger partial charge on any atom is -0.448 e. The monoisotopic (exact) mass is 445 g/mol. The van der Waals surface area contributed by atoms with Gasteiger partial charge in [0.2, 0.25) is 0 Å². The molecule has 0 bridgehead atoms. The molecule has 0 aliphatic heterocycles. The first kappa shape index (κ1) is 21.6. The summed E-state index contributed by atoms with van der Waals surface area (Å²) in [5.74, 6) is -1.05. The summed E-state index contributed by atoms with van der Waals surface area (Å²) in [6.45, 7) is 5.44. The molecule has 0 aliphatic carbocycles. The Hall–Kier alpha value is -3.11. The Bertz CT molecular complexity index is 1110. The maximum Gasteiger partial charge on any atom is 0.349 e. The Labute approximate surface area is 180 Å². The first-order valence-electron chi connectivity index (χ1n) is 9.10. The highest BCUT2D eigenvalue weighted by Crippen LogP contribution is 2.28. The summed E-state index contributed by atoms with van der Waals surface area (Å²) in [6.07, 6.45) is -0.174. The number of carbonyl (C=O) groups excluding carboxylic acids is 2. The number of rotatable bonds is 7. The average Bonchev–Trinajstić information content (AvgIpc) is 3.34. The molecule has 0 spiro atoms. The van der Waals surface area contributed by atoms with Gasteiger partial charge in [0.05, 0.1) is 10.6 Å². The van der Waals surface area contributed by atoms with Crippen LogP contribution in [-0.4, -0.2) is 27.9 Å². The zero-order valence-electron chi connectivity index (χ0n) is 16.5. The maximum atomic E-state index is 12.4. The number of carbonyl (C=O) groups is 2. The number of thiazole rings is 1. The molecule has 8 nitrogen and oxygen atoms in total. The van der Waals surface area contributed by atoms with Crippen LogP contribution in [0.5, 0.6) is 0 Å². The molecular weight excluding hydrogens is 426 g/mol. The third kappa shape index (κ3) is 4.89. The second kappa shape index (κ2) is 9.14. The molecule has 3 aromatic rings. The number of benzene rings is 1. The van der Waals surface area contributed by atoms with Crippen LogP contribution in [0.4, 0.5) is 10.8 Å². The molecule has 1 aromatic carbocycles. The van der Waals surface area contributed by atoms with Crippen molar-refractivity contribution in [2.45, 2.75) is 33.3 Å². The summed E-state index contributed by atoms with van der Waals surface area (Å²) in [7, 11) is 0. The van der Waals surface area contributed by atoms with E-state index in [4.69, 9.17) is 4.74 Å². The molecule has 30 heavy (non-hydrogen) atoms. The largest absolute Gasteiger partial charge is 0.448 e. The van der Waals surface area contributed by atoms with Crippen molar-refractivity contribution in [1.29, 1.82) is 0 Å². The fourth-order valence-electron chi connectivity index (χ4n) is 2.69. The van der Waals surface area contributed by atoms with Gasteiger partial charge < -0.3 is 4.74 Å². The third-order valence-corrected chi connectivity index (χ3v) is 6.40. The molecule has 0 radical (unpaired) electrons. The van der Waals surface area contributed by atoms with Gasteiger partial charge in [-0.15, -0.1) is 22.7 Å². The van der Waals surface area contributed by atoms with Crippen LogP contribution in [0, 0.1) is 17.0 Å². The minimum atomic E-state index is -1.00. The van der Waals surface area contributed by atoms with Crippen molar-refractivity contribution in [3.8, 4) is 11.3 Å². The lowest BCUT2D eigenvalue weighted by Crippen LogP contribution is -2.29. The molecule has 0 aliphatic rings. The zero-order chi connectivity index (χ0) is 21.8. The molecule has 10 heteroatoms. The fourth-order valence-corrected chi connectivity index (χ4v) is 4.41. The number of nitrogens with zero attached hydrogens (tertiary/aromatic N) is 2. The van der Waals surface area contributed by atoms with E-state index in [2.05, 4.69) is 10.3 Å². The molecule has 2 heterocycles. The SMILES string of the molecule is CCc1sc(C(=O)OC(C)C(=O)Nc2nc(-c3cccc([N+](=O)[O-])c3)cs2)cc1C. The van der Waals surface area contributed by atoms with Crippen molar-refractivity contribution in [3.05, 3.63) is 61.1 Å². The van der Waals surface area contributed by atoms with E-state index in [9.17, 15) is 19.7 Å². The van der Waals surface area contributed by atoms with Crippen molar-refractivity contribution in [2.24, 2.45) is 0 Å². The van der Waals surface area contributed by atoms with Gasteiger partial charge in [-0.25, -0.2) is 9.78 Å². The van der Waals surface area contributed by atoms with E-state index >= 15 is 0 Å². The highest BCUT2D eigenvalue weighted by atomic mass is 32.1. The van der Waals surface area contributed by atoms with Gasteiger partial charge in [0.1, 0.15) is 4.88 Å². The van der Waals surface area contributed by atoms with E-state index in [0.717, 1.165) is 16.9 Å². The number of hydrogen-bond donors (Lipinski definition) is 1. The first-order valence-corrected chi connectivity index (χ1v) is 10.8. The fraction of sp³-hybridized carbons (Fsp3) is 0.250. The molecule has 1 unspecified atom stereocenters. The molecule has 0 saturated carbocycles. The quantitative estimate of drug-likeness (QED) is 0.317. The van der Waals surface area contributed by atoms with E-state index in [1.165, 1.54) is 41.7 Å². The zero-order valence-corrected chi connectivity index (χ0v) is 18.1. The number of aryl methyl sites for hydroxylation is 2. The number of nitro groups is 1. The highest BCUT2D eigenvalue weighted by molar-refractivity contribution is 7.14. The number of aromatic nitrogens is 1. The predicted molar refractivity (Wildman–Crippen MR) is 116 cm³/mol. The van der Waals surface area contributed by atoms with E-state index in [1.807, 2.05) is 13.8 Å². The molecule has 1 N–H and O–H groups in total. The number of amides is 1. The van der Waals surface area contributed by atoms with Crippen LogP contribution in [0.25, 0.3) is 11.3 Å². The summed E-state index contributed by atoms with van der Waals surface area (Å²) in [5, 5.41) is 15.5. The van der Waals surface area contributed by atoms with Crippen LogP contribution < -0.4 is 5.32 Å². The van der Waals surface area contributed by atoms with Crippen LogP contribution >= 0.6 is 22.7 Å². The van der Waals surface area contributed by atoms with Gasteiger partial charge in [0.25, 0.3) is 11.6 Å². The van der Waals surface area contributed by atoms with Crippen molar-refractivity contribution >= 4 is 45.4 Å². The molecule has 156 valence electrons. The molecular formula is C20H19N3O5S2. The standard InChI is InChI=1S/C20H19N3O5S2/c1-4-16-11(2)8-17(30-16)19(25)28-12(3)18(24)22-20-21-15(10-29-20)13-6-5-7-14(9-13)23(26)27/h5-10,12H,4H2,1-3H3,(H,21,22,24). The average molecular weight is 446 g/mol. The topological polar surface area (TPSA) is 111 Å². The van der Waals surface area contributed by atoms with Crippen LogP contribution in [0.2, 0.25) is 0 Å². The van der Waals surface area contributed by atoms with Gasteiger partial charge in [-0.3, -0.25) is 20.2 Å². The second-order valence-corrected chi connectivity index (χ2v) is 8.45. The molecule has 1 amide bonds. The van der Waals surface area contributed by atoms with Crippen molar-refractivity contribution in [3.63, 3.8) is 0 Å². The Morgan fingerprint density at radius 2 is 2.10 bits per heavy atom. The van der Waals surface area contributed by atoms with Crippen molar-refractivity contribution in [1.82, 2.24) is 4.98 Å². The number of nitro benzene ring substituents is 1. The van der Waals surface area contributed by atoms with Gasteiger partial charge in [-0.1, -0.05) is 19.1 Å². The number of nitrogens with one attached hydrogen (secondary N) is 1. The highest BCUT2D eigenvalue weighted by Gasteiger charge is 2.22. The Kier molecular flexibility index (Phi) is 6.58. The lowest BCUT2D eigenvalue weighted by molar-refractivity contribution is -0.384. The van der Waals surface area contributed by atoms with E-state index in [1.54, 1.807) is 23.6 Å². The summed E-state index contributed by atoms with van der Waals surface area (Å²) in [6, 6.07) is 7.85. The molecule has 0 fully saturated rings. The Balaban J connectivity index is 1.64. The van der Waals surface area contributed by atoms with E-state index in [0.29, 0.717) is 21.3 Å². The molecule has 1 atom stereocenters. The van der Waals surface area contributed by atoms with E-state index < -0.39 is 22.9 Å². The Morgan fingerprint density at radius 1 is 1.33 bits per heavy atom. The van der Waals surface area contributed by atoms with Gasteiger partial charge >= 0.3 is 5.97 Å². The van der Waals surface area contributed by atoms with Crippen molar-refractivity contribution < 1.29 is 19.2 Å². The lowest BCUT2D eigenvalue weighted by Gasteiger charge is -2.11. The van der Waals surface area contributed by atoms with E-state index in [-0.39, 0.29) is 5.69 Å². The first-order chi connectivity index (χ1) is 14.3. The summed E-state index contributed by atoms with van der Waals surface area (Å²) in [5.41, 5.74) is 2.06. The number of non-ortho nitro benzene ring substituents is 1. The van der Waals surface area contributed by atoms with Gasteiger partial charge in [0, 0.05) is 28.0 Å². The number of thiophene rings is 1. The Morgan fingerprint density at radius 3 is 2.77 bits per heavy atom. The van der Waals surface area contributed by atoms with Crippen molar-refractivity contribution in [2.75, 3.05) is 5.32 Å². The molecule has 3 rings (SSSR count). The van der Waals surface area contributed by atoms with Crippen LogP contribution in [0.1, 0.15) is 34.0 Å². The summed E-state index contributed by atoms with van der Waals surface area (Å²) >= 11 is 2.54. The second-order valence-electron chi connectivity index (χ2n) is 6.45. The van der Waals surface area contributed by atoms with Gasteiger partial charge in [-0.05, 0) is 31.9 Å². The predicted octanol–water partition coefficient (Wildman–Crippen LogP) is 4.83.